The third-order valence-electron chi connectivity index (χ3n) is 4.19. The third-order valence-corrected chi connectivity index (χ3v) is 4.19. The van der Waals surface area contributed by atoms with Crippen LogP contribution in [0.15, 0.2) is 72.8 Å². The molecule has 116 valence electrons. The maximum atomic E-state index is 5.21. The first-order chi connectivity index (χ1) is 11.8. The third kappa shape index (κ3) is 2.63. The molecule has 0 bridgehead atoms. The Morgan fingerprint density at radius 1 is 0.708 bits per heavy atom. The molecule has 0 spiro atoms. The van der Waals surface area contributed by atoms with Crippen LogP contribution in [0.3, 0.4) is 0 Å². The van der Waals surface area contributed by atoms with Gasteiger partial charge in [-0.15, -0.1) is 0 Å². The highest BCUT2D eigenvalue weighted by Crippen LogP contribution is 2.27. The molecule has 0 saturated carbocycles. The van der Waals surface area contributed by atoms with Crippen molar-refractivity contribution in [2.24, 2.45) is 0 Å². The number of methoxy groups -OCH3 is 1. The van der Waals surface area contributed by atoms with Crippen LogP contribution in [0.25, 0.3) is 34.0 Å². The Balaban J connectivity index is 1.87. The fourth-order valence-electron chi connectivity index (χ4n) is 2.95. The number of ether oxygens (including phenoxy) is 1. The van der Waals surface area contributed by atoms with Crippen molar-refractivity contribution in [1.82, 2.24) is 4.98 Å². The summed E-state index contributed by atoms with van der Waals surface area (Å²) in [7, 11) is 1.68. The van der Waals surface area contributed by atoms with Crippen molar-refractivity contribution < 1.29 is 4.74 Å². The summed E-state index contributed by atoms with van der Waals surface area (Å²) in [4.78, 5) is 4.77. The molecule has 4 aromatic rings. The topological polar surface area (TPSA) is 22.1 Å². The zero-order valence-electron chi connectivity index (χ0n) is 13.4. The van der Waals surface area contributed by atoms with Crippen molar-refractivity contribution in [2.45, 2.75) is 0 Å². The fourth-order valence-corrected chi connectivity index (χ4v) is 2.95. The molecule has 3 aromatic carbocycles. The zero-order valence-corrected chi connectivity index (χ0v) is 13.4. The van der Waals surface area contributed by atoms with Crippen LogP contribution in [0.5, 0.6) is 5.75 Å². The molecule has 1 heterocycles. The maximum absolute atomic E-state index is 5.21. The Morgan fingerprint density at radius 2 is 1.29 bits per heavy atom. The van der Waals surface area contributed by atoms with E-state index in [0.717, 1.165) is 22.3 Å². The summed E-state index contributed by atoms with van der Waals surface area (Å²) >= 11 is 0. The molecule has 24 heavy (non-hydrogen) atoms. The molecule has 0 N–H and O–H groups in total. The molecule has 0 amide bonds. The first kappa shape index (κ1) is 14.5. The highest BCUT2D eigenvalue weighted by Gasteiger charge is 2.05. The van der Waals surface area contributed by atoms with Crippen LogP contribution >= 0.6 is 0 Å². The van der Waals surface area contributed by atoms with Crippen LogP contribution in [0, 0.1) is 0 Å². The minimum Gasteiger partial charge on any atom is -0.497 e. The summed E-state index contributed by atoms with van der Waals surface area (Å²) in [6.07, 6.45) is 4.31. The first-order valence-corrected chi connectivity index (χ1v) is 7.95. The SMILES string of the molecule is COc1ccc(/C=C/c2c3ccccc3nc3ccccc23)cc1. The summed E-state index contributed by atoms with van der Waals surface area (Å²) in [6.45, 7) is 0. The smallest absolute Gasteiger partial charge is 0.118 e. The monoisotopic (exact) mass is 311 g/mol. The first-order valence-electron chi connectivity index (χ1n) is 7.95. The maximum Gasteiger partial charge on any atom is 0.118 e. The van der Waals surface area contributed by atoms with Crippen LogP contribution in [0.4, 0.5) is 0 Å². The van der Waals surface area contributed by atoms with E-state index in [1.807, 2.05) is 24.3 Å². The predicted molar refractivity (Wildman–Crippen MR) is 101 cm³/mol. The van der Waals surface area contributed by atoms with Gasteiger partial charge in [-0.1, -0.05) is 60.7 Å². The Hall–Kier alpha value is -3.13. The molecule has 0 radical (unpaired) electrons. The lowest BCUT2D eigenvalue weighted by Gasteiger charge is -2.07. The van der Waals surface area contributed by atoms with E-state index in [-0.39, 0.29) is 0 Å². The molecule has 0 fully saturated rings. The molecule has 0 aliphatic rings. The van der Waals surface area contributed by atoms with Gasteiger partial charge < -0.3 is 4.74 Å². The van der Waals surface area contributed by atoms with Crippen molar-refractivity contribution >= 4 is 34.0 Å². The Labute approximate surface area is 141 Å². The number of para-hydroxylation sites is 2. The molecule has 0 unspecified atom stereocenters. The van der Waals surface area contributed by atoms with Crippen molar-refractivity contribution in [3.05, 3.63) is 83.9 Å². The number of hydrogen-bond acceptors (Lipinski definition) is 2. The molecule has 0 aliphatic heterocycles. The van der Waals surface area contributed by atoms with Gasteiger partial charge in [-0.05, 0) is 35.4 Å². The van der Waals surface area contributed by atoms with Crippen LogP contribution in [0.1, 0.15) is 11.1 Å². The Kier molecular flexibility index (Phi) is 3.72. The second-order valence-electron chi connectivity index (χ2n) is 5.67. The molecular formula is C22H17NO. The number of aromatic nitrogens is 1. The number of nitrogens with zero attached hydrogens (tertiary/aromatic N) is 1. The van der Waals surface area contributed by atoms with Gasteiger partial charge in [0.05, 0.1) is 18.1 Å². The van der Waals surface area contributed by atoms with Crippen molar-refractivity contribution in [3.8, 4) is 5.75 Å². The van der Waals surface area contributed by atoms with Gasteiger partial charge in [0.2, 0.25) is 0 Å². The van der Waals surface area contributed by atoms with Gasteiger partial charge in [-0.25, -0.2) is 4.98 Å². The minimum atomic E-state index is 0.868. The molecule has 0 saturated heterocycles. The lowest BCUT2D eigenvalue weighted by atomic mass is 10.0. The number of hydrogen-bond donors (Lipinski definition) is 0. The van der Waals surface area contributed by atoms with Gasteiger partial charge in [0.25, 0.3) is 0 Å². The second-order valence-corrected chi connectivity index (χ2v) is 5.67. The van der Waals surface area contributed by atoms with E-state index in [0.29, 0.717) is 0 Å². The standard InChI is InChI=1S/C22H17NO/c1-24-17-13-10-16(11-14-17)12-15-18-19-6-2-4-8-21(19)23-22-9-5-3-7-20(18)22/h2-15H,1H3/b15-12+. The summed E-state index contributed by atoms with van der Waals surface area (Å²) < 4.78 is 5.21. The second kappa shape index (κ2) is 6.17. The lowest BCUT2D eigenvalue weighted by molar-refractivity contribution is 0.415. The van der Waals surface area contributed by atoms with Gasteiger partial charge >= 0.3 is 0 Å². The minimum absolute atomic E-state index is 0.868. The number of rotatable bonds is 3. The highest BCUT2D eigenvalue weighted by molar-refractivity contribution is 6.04. The van der Waals surface area contributed by atoms with E-state index < -0.39 is 0 Å². The van der Waals surface area contributed by atoms with Crippen molar-refractivity contribution in [2.75, 3.05) is 7.11 Å². The van der Waals surface area contributed by atoms with Crippen molar-refractivity contribution in [1.29, 1.82) is 0 Å². The molecule has 1 aromatic heterocycles. The summed E-state index contributed by atoms with van der Waals surface area (Å²) in [6, 6.07) is 24.6. The summed E-state index contributed by atoms with van der Waals surface area (Å²) in [5, 5.41) is 2.34. The van der Waals surface area contributed by atoms with E-state index >= 15 is 0 Å². The van der Waals surface area contributed by atoms with Crippen LogP contribution < -0.4 is 4.74 Å². The van der Waals surface area contributed by atoms with Gasteiger partial charge in [0, 0.05) is 10.8 Å². The molecule has 2 heteroatoms. The van der Waals surface area contributed by atoms with E-state index in [4.69, 9.17) is 9.72 Å². The fraction of sp³-hybridized carbons (Fsp3) is 0.0455. The average molecular weight is 311 g/mol. The van der Waals surface area contributed by atoms with Gasteiger partial charge in [0.15, 0.2) is 0 Å². The van der Waals surface area contributed by atoms with Gasteiger partial charge in [0.1, 0.15) is 5.75 Å². The Morgan fingerprint density at radius 3 is 1.88 bits per heavy atom. The molecule has 2 nitrogen and oxygen atoms in total. The largest absolute Gasteiger partial charge is 0.497 e. The predicted octanol–water partition coefficient (Wildman–Crippen LogP) is 5.57. The summed E-state index contributed by atoms with van der Waals surface area (Å²) in [5.74, 6) is 0.868. The zero-order chi connectivity index (χ0) is 16.4. The van der Waals surface area contributed by atoms with E-state index in [9.17, 15) is 0 Å². The van der Waals surface area contributed by atoms with E-state index in [1.54, 1.807) is 7.11 Å². The number of pyridine rings is 1. The highest BCUT2D eigenvalue weighted by atomic mass is 16.5. The number of fused-ring (bicyclic) bond motifs is 2. The lowest BCUT2D eigenvalue weighted by Crippen LogP contribution is -1.87. The van der Waals surface area contributed by atoms with Crippen molar-refractivity contribution in [3.63, 3.8) is 0 Å². The van der Waals surface area contributed by atoms with E-state index in [1.165, 1.54) is 16.3 Å². The van der Waals surface area contributed by atoms with Crippen LogP contribution in [-0.4, -0.2) is 12.1 Å². The molecule has 0 aliphatic carbocycles. The molecule has 0 atom stereocenters. The average Bonchev–Trinajstić information content (AvgIpc) is 2.65. The number of benzene rings is 3. The summed E-state index contributed by atoms with van der Waals surface area (Å²) in [5.41, 5.74) is 4.38. The van der Waals surface area contributed by atoms with Gasteiger partial charge in [-0.3, -0.25) is 0 Å². The van der Waals surface area contributed by atoms with Crippen LogP contribution in [0.2, 0.25) is 0 Å². The van der Waals surface area contributed by atoms with Crippen LogP contribution in [-0.2, 0) is 0 Å². The molecule has 4 rings (SSSR count). The molecular weight excluding hydrogens is 294 g/mol. The Bertz CT molecular complexity index is 979. The van der Waals surface area contributed by atoms with Gasteiger partial charge in [-0.2, -0.15) is 0 Å². The quantitative estimate of drug-likeness (QED) is 0.462. The van der Waals surface area contributed by atoms with E-state index in [2.05, 4.69) is 60.7 Å². The normalized spacial score (nSPS) is 11.4.